The van der Waals surface area contributed by atoms with Crippen LogP contribution in [-0.4, -0.2) is 16.6 Å². The molecule has 2 aliphatic carbocycles. The van der Waals surface area contributed by atoms with Gasteiger partial charge >= 0.3 is 5.97 Å². The van der Waals surface area contributed by atoms with Crippen LogP contribution in [0.5, 0.6) is 0 Å². The van der Waals surface area contributed by atoms with Crippen LogP contribution in [0.15, 0.2) is 24.3 Å². The van der Waals surface area contributed by atoms with Gasteiger partial charge in [-0.15, -0.1) is 0 Å². The Kier molecular flexibility index (Phi) is 2.67. The van der Waals surface area contributed by atoms with Gasteiger partial charge in [0.1, 0.15) is 5.54 Å². The van der Waals surface area contributed by atoms with Gasteiger partial charge < -0.3 is 5.11 Å². The van der Waals surface area contributed by atoms with E-state index in [-0.39, 0.29) is 6.04 Å². The fourth-order valence-electron chi connectivity index (χ4n) is 3.08. The molecule has 2 unspecified atom stereocenters. The van der Waals surface area contributed by atoms with E-state index in [2.05, 4.69) is 23.5 Å². The molecule has 0 aliphatic heterocycles. The lowest BCUT2D eigenvalue weighted by Gasteiger charge is -2.30. The Bertz CT molecular complexity index is 481. The summed E-state index contributed by atoms with van der Waals surface area (Å²) in [6, 6.07) is 8.55. The summed E-state index contributed by atoms with van der Waals surface area (Å²) in [4.78, 5) is 11.5. The molecule has 96 valence electrons. The molecule has 0 heterocycles. The molecule has 3 heteroatoms. The Morgan fingerprint density at radius 2 is 2.06 bits per heavy atom. The quantitative estimate of drug-likeness (QED) is 0.857. The summed E-state index contributed by atoms with van der Waals surface area (Å²) in [5.74, 6) is -0.419. The predicted octanol–water partition coefficient (Wildman–Crippen LogP) is 2.52. The first-order valence-electron chi connectivity index (χ1n) is 6.70. The first kappa shape index (κ1) is 11.7. The zero-order valence-corrected chi connectivity index (χ0v) is 10.6. The van der Waals surface area contributed by atoms with E-state index in [1.165, 1.54) is 11.1 Å². The Morgan fingerprint density at radius 3 is 2.72 bits per heavy atom. The maximum atomic E-state index is 11.5. The molecule has 1 aromatic rings. The maximum absolute atomic E-state index is 11.5. The highest BCUT2D eigenvalue weighted by molar-refractivity contribution is 5.79. The van der Waals surface area contributed by atoms with Crippen molar-refractivity contribution in [1.82, 2.24) is 5.32 Å². The number of hydrogen-bond donors (Lipinski definition) is 2. The summed E-state index contributed by atoms with van der Waals surface area (Å²) in [5.41, 5.74) is 1.88. The van der Waals surface area contributed by atoms with Crippen LogP contribution in [-0.2, 0) is 11.2 Å². The standard InChI is InChI=1S/C15H19NO2/c1-15(14(17)18,11-7-8-11)16-13-9-6-10-4-2-3-5-12(10)13/h2-5,11,13,16H,6-9H2,1H3,(H,17,18). The van der Waals surface area contributed by atoms with Crippen LogP contribution in [0.1, 0.15) is 43.4 Å². The van der Waals surface area contributed by atoms with Crippen LogP contribution in [0.2, 0.25) is 0 Å². The average Bonchev–Trinajstić information content (AvgIpc) is 3.14. The van der Waals surface area contributed by atoms with E-state index >= 15 is 0 Å². The molecule has 0 radical (unpaired) electrons. The fraction of sp³-hybridized carbons (Fsp3) is 0.533. The van der Waals surface area contributed by atoms with Gasteiger partial charge in [-0.2, -0.15) is 0 Å². The van der Waals surface area contributed by atoms with Crippen molar-refractivity contribution in [3.05, 3.63) is 35.4 Å². The fourth-order valence-corrected chi connectivity index (χ4v) is 3.08. The lowest BCUT2D eigenvalue weighted by atomic mass is 9.93. The monoisotopic (exact) mass is 245 g/mol. The molecule has 0 spiro atoms. The van der Waals surface area contributed by atoms with E-state index in [0.29, 0.717) is 5.92 Å². The van der Waals surface area contributed by atoms with Crippen molar-refractivity contribution in [1.29, 1.82) is 0 Å². The molecule has 2 aliphatic rings. The van der Waals surface area contributed by atoms with E-state index in [4.69, 9.17) is 0 Å². The van der Waals surface area contributed by atoms with Crippen LogP contribution < -0.4 is 5.32 Å². The minimum atomic E-state index is -0.762. The third-order valence-electron chi connectivity index (χ3n) is 4.45. The Hall–Kier alpha value is -1.35. The number of fused-ring (bicyclic) bond motifs is 1. The van der Waals surface area contributed by atoms with Crippen LogP contribution in [0.4, 0.5) is 0 Å². The maximum Gasteiger partial charge on any atom is 0.323 e. The second kappa shape index (κ2) is 4.09. The summed E-state index contributed by atoms with van der Waals surface area (Å²) in [6.45, 7) is 1.84. The predicted molar refractivity (Wildman–Crippen MR) is 69.4 cm³/mol. The third kappa shape index (κ3) is 1.83. The number of nitrogens with one attached hydrogen (secondary N) is 1. The van der Waals surface area contributed by atoms with E-state index in [1.807, 2.05) is 13.0 Å². The highest BCUT2D eigenvalue weighted by Gasteiger charge is 2.48. The van der Waals surface area contributed by atoms with Crippen LogP contribution in [0.25, 0.3) is 0 Å². The Labute approximate surface area is 107 Å². The van der Waals surface area contributed by atoms with Crippen molar-refractivity contribution >= 4 is 5.97 Å². The van der Waals surface area contributed by atoms with Crippen LogP contribution in [0.3, 0.4) is 0 Å². The summed E-state index contributed by atoms with van der Waals surface area (Å²) in [5, 5.41) is 12.9. The minimum absolute atomic E-state index is 0.197. The smallest absolute Gasteiger partial charge is 0.323 e. The van der Waals surface area contributed by atoms with Crippen molar-refractivity contribution < 1.29 is 9.90 Å². The molecule has 0 aromatic heterocycles. The van der Waals surface area contributed by atoms with Gasteiger partial charge in [0, 0.05) is 6.04 Å². The zero-order chi connectivity index (χ0) is 12.8. The molecule has 2 atom stereocenters. The first-order valence-corrected chi connectivity index (χ1v) is 6.70. The van der Waals surface area contributed by atoms with Crippen molar-refractivity contribution in [2.45, 2.75) is 44.2 Å². The number of carboxylic acid groups (broad SMARTS) is 1. The molecule has 0 amide bonds. The normalized spacial score (nSPS) is 25.5. The first-order chi connectivity index (χ1) is 8.61. The lowest BCUT2D eigenvalue weighted by Crippen LogP contribution is -2.52. The second-order valence-electron chi connectivity index (χ2n) is 5.72. The SMILES string of the molecule is CC(NC1CCc2ccccc21)(C(=O)O)C1CC1. The lowest BCUT2D eigenvalue weighted by molar-refractivity contribution is -0.145. The number of hydrogen-bond acceptors (Lipinski definition) is 2. The molecule has 1 saturated carbocycles. The van der Waals surface area contributed by atoms with Gasteiger partial charge in [-0.1, -0.05) is 24.3 Å². The highest BCUT2D eigenvalue weighted by atomic mass is 16.4. The number of benzene rings is 1. The molecular formula is C15H19NO2. The van der Waals surface area contributed by atoms with Gasteiger partial charge in [0.05, 0.1) is 0 Å². The topological polar surface area (TPSA) is 49.3 Å². The van der Waals surface area contributed by atoms with Gasteiger partial charge in [-0.3, -0.25) is 10.1 Å². The number of aliphatic carboxylic acids is 1. The van der Waals surface area contributed by atoms with Crippen molar-refractivity contribution in [2.75, 3.05) is 0 Å². The van der Waals surface area contributed by atoms with Gasteiger partial charge in [0.15, 0.2) is 0 Å². The summed E-state index contributed by atoms with van der Waals surface area (Å²) < 4.78 is 0. The molecule has 0 bridgehead atoms. The third-order valence-corrected chi connectivity index (χ3v) is 4.45. The molecule has 1 fully saturated rings. The number of rotatable bonds is 4. The van der Waals surface area contributed by atoms with Crippen molar-refractivity contribution in [3.63, 3.8) is 0 Å². The van der Waals surface area contributed by atoms with Crippen molar-refractivity contribution in [3.8, 4) is 0 Å². The summed E-state index contributed by atoms with van der Waals surface area (Å²) >= 11 is 0. The van der Waals surface area contributed by atoms with Crippen molar-refractivity contribution in [2.24, 2.45) is 5.92 Å². The number of aryl methyl sites for hydroxylation is 1. The van der Waals surface area contributed by atoms with E-state index in [1.54, 1.807) is 0 Å². The van der Waals surface area contributed by atoms with Gasteiger partial charge in [-0.05, 0) is 49.7 Å². The molecule has 3 nitrogen and oxygen atoms in total. The molecule has 3 rings (SSSR count). The molecular weight excluding hydrogens is 226 g/mol. The minimum Gasteiger partial charge on any atom is -0.480 e. The van der Waals surface area contributed by atoms with E-state index in [9.17, 15) is 9.90 Å². The summed E-state index contributed by atoms with van der Waals surface area (Å²) in [7, 11) is 0. The average molecular weight is 245 g/mol. The molecule has 18 heavy (non-hydrogen) atoms. The largest absolute Gasteiger partial charge is 0.480 e. The van der Waals surface area contributed by atoms with E-state index < -0.39 is 11.5 Å². The molecule has 0 saturated heterocycles. The Balaban J connectivity index is 1.83. The number of carbonyl (C=O) groups is 1. The van der Waals surface area contributed by atoms with Gasteiger partial charge in [-0.25, -0.2) is 0 Å². The highest BCUT2D eigenvalue weighted by Crippen LogP contribution is 2.42. The Morgan fingerprint density at radius 1 is 1.33 bits per heavy atom. The van der Waals surface area contributed by atoms with Gasteiger partial charge in [0.25, 0.3) is 0 Å². The van der Waals surface area contributed by atoms with Crippen LogP contribution in [0, 0.1) is 5.92 Å². The number of carboxylic acids is 1. The molecule has 2 N–H and O–H groups in total. The van der Waals surface area contributed by atoms with E-state index in [0.717, 1.165) is 25.7 Å². The summed E-state index contributed by atoms with van der Waals surface area (Å²) in [6.07, 6.45) is 4.12. The second-order valence-corrected chi connectivity index (χ2v) is 5.72. The molecule has 1 aromatic carbocycles. The zero-order valence-electron chi connectivity index (χ0n) is 10.6. The van der Waals surface area contributed by atoms with Crippen LogP contribution >= 0.6 is 0 Å². The van der Waals surface area contributed by atoms with Gasteiger partial charge in [0.2, 0.25) is 0 Å².